The fourth-order valence-electron chi connectivity index (χ4n) is 3.23. The highest BCUT2D eigenvalue weighted by molar-refractivity contribution is 5.93. The molecule has 162 valence electrons. The monoisotopic (exact) mass is 429 g/mol. The Bertz CT molecular complexity index is 922. The van der Waals surface area contributed by atoms with Crippen LogP contribution in [0.4, 0.5) is 17.6 Å². The molecule has 2 atom stereocenters. The van der Waals surface area contributed by atoms with Crippen molar-refractivity contribution in [3.8, 4) is 6.07 Å². The molecule has 0 spiro atoms. The van der Waals surface area contributed by atoms with E-state index in [0.29, 0.717) is 0 Å². The van der Waals surface area contributed by atoms with Crippen LogP contribution in [0.2, 0.25) is 0 Å². The Morgan fingerprint density at radius 3 is 1.97 bits per heavy atom. The Morgan fingerprint density at radius 1 is 1.03 bits per heavy atom. The Labute approximate surface area is 170 Å². The summed E-state index contributed by atoms with van der Waals surface area (Å²) >= 11 is 0. The number of halogens is 4. The number of nitrogens with zero attached hydrogens (tertiary/aromatic N) is 1. The van der Waals surface area contributed by atoms with Crippen molar-refractivity contribution in [2.24, 2.45) is 17.3 Å². The summed E-state index contributed by atoms with van der Waals surface area (Å²) in [7, 11) is 2.20. The lowest BCUT2D eigenvalue weighted by molar-refractivity contribution is -0.147. The fourth-order valence-corrected chi connectivity index (χ4v) is 3.23. The molecule has 0 N–H and O–H groups in total. The first-order chi connectivity index (χ1) is 14.0. The van der Waals surface area contributed by atoms with Gasteiger partial charge in [0.25, 0.3) is 0 Å². The third-order valence-corrected chi connectivity index (χ3v) is 5.13. The maximum Gasteiger partial charge on any atom is 0.348 e. The number of allylic oxidation sites excluding steroid dienone is 1. The van der Waals surface area contributed by atoms with Crippen molar-refractivity contribution >= 4 is 11.9 Å². The van der Waals surface area contributed by atoms with Gasteiger partial charge in [0.1, 0.15) is 18.2 Å². The zero-order chi connectivity index (χ0) is 22.8. The Kier molecular flexibility index (Phi) is 6.87. The molecule has 6 nitrogen and oxygen atoms in total. The van der Waals surface area contributed by atoms with Gasteiger partial charge in [-0.3, -0.25) is 4.79 Å². The molecule has 1 aliphatic carbocycles. The number of nitriles is 1. The largest absolute Gasteiger partial charge is 0.465 e. The highest BCUT2D eigenvalue weighted by Crippen LogP contribution is 2.60. The number of methoxy groups -OCH3 is 2. The molecule has 30 heavy (non-hydrogen) atoms. The van der Waals surface area contributed by atoms with E-state index in [-0.39, 0.29) is 5.57 Å². The van der Waals surface area contributed by atoms with Gasteiger partial charge < -0.3 is 14.2 Å². The highest BCUT2D eigenvalue weighted by atomic mass is 19.2. The van der Waals surface area contributed by atoms with Crippen molar-refractivity contribution in [3.63, 3.8) is 0 Å². The highest BCUT2D eigenvalue weighted by Gasteiger charge is 2.61. The lowest BCUT2D eigenvalue weighted by Gasteiger charge is -2.12. The second kappa shape index (κ2) is 8.83. The van der Waals surface area contributed by atoms with E-state index in [9.17, 15) is 27.2 Å². The normalized spacial score (nSPS) is 19.8. The second-order valence-electron chi connectivity index (χ2n) is 7.26. The van der Waals surface area contributed by atoms with Crippen LogP contribution in [0.5, 0.6) is 0 Å². The number of hydrogen-bond donors (Lipinski definition) is 0. The molecule has 1 fully saturated rings. The maximum atomic E-state index is 14.1. The molecule has 0 amide bonds. The van der Waals surface area contributed by atoms with Crippen molar-refractivity contribution < 1.29 is 41.4 Å². The average molecular weight is 429 g/mol. The molecule has 10 heteroatoms. The summed E-state index contributed by atoms with van der Waals surface area (Å²) in [5.41, 5.74) is -3.01. The summed E-state index contributed by atoms with van der Waals surface area (Å²) in [4.78, 5) is 23.9. The van der Waals surface area contributed by atoms with E-state index in [1.807, 2.05) is 0 Å². The van der Waals surface area contributed by atoms with Crippen LogP contribution in [0.1, 0.15) is 25.0 Å². The number of esters is 2. The summed E-state index contributed by atoms with van der Waals surface area (Å²) in [5.74, 6) is -9.82. The molecule has 2 unspecified atom stereocenters. The fraction of sp³-hybridized carbons (Fsp3) is 0.450. The van der Waals surface area contributed by atoms with E-state index < -0.39 is 76.8 Å². The molecule has 0 aromatic heterocycles. The van der Waals surface area contributed by atoms with Crippen LogP contribution in [-0.4, -0.2) is 26.2 Å². The third kappa shape index (κ3) is 4.16. The number of carbonyl (C=O) groups excluding carboxylic acids is 2. The summed E-state index contributed by atoms with van der Waals surface area (Å²) in [6.45, 7) is 1.60. The molecule has 1 aliphatic rings. The van der Waals surface area contributed by atoms with Gasteiger partial charge in [-0.1, -0.05) is 19.9 Å². The lowest BCUT2D eigenvalue weighted by Crippen LogP contribution is -2.15. The average Bonchev–Trinajstić information content (AvgIpc) is 3.26. The van der Waals surface area contributed by atoms with E-state index in [4.69, 9.17) is 10.00 Å². The Morgan fingerprint density at radius 2 is 1.53 bits per heavy atom. The first kappa shape index (κ1) is 23.3. The molecular weight excluding hydrogens is 410 g/mol. The minimum atomic E-state index is -1.68. The zero-order valence-corrected chi connectivity index (χ0v) is 16.6. The van der Waals surface area contributed by atoms with Gasteiger partial charge in [0.05, 0.1) is 30.8 Å². The van der Waals surface area contributed by atoms with Crippen LogP contribution in [0.25, 0.3) is 0 Å². The summed E-state index contributed by atoms with van der Waals surface area (Å²) < 4.78 is 70.1. The van der Waals surface area contributed by atoms with Crippen LogP contribution in [-0.2, 0) is 37.0 Å². The Hall–Kier alpha value is -2.93. The van der Waals surface area contributed by atoms with E-state index >= 15 is 0 Å². The van der Waals surface area contributed by atoms with Crippen molar-refractivity contribution in [1.29, 1.82) is 5.26 Å². The van der Waals surface area contributed by atoms with Gasteiger partial charge in [-0.2, -0.15) is 5.26 Å². The predicted molar refractivity (Wildman–Crippen MR) is 93.3 cm³/mol. The molecule has 0 saturated heterocycles. The number of ether oxygens (including phenoxy) is 3. The van der Waals surface area contributed by atoms with Crippen LogP contribution in [0.15, 0.2) is 11.6 Å². The number of rotatable bonds is 7. The standard InChI is InChI=1S/C20H19F4NO5/c1-20(2)12(5-9(6-25)18(26)29-4)13(20)19(27)30-8-11-16(23)14(21)10(7-28-3)15(22)17(11)24/h5,12-13H,7-8H2,1-4H3/b9-5+. The van der Waals surface area contributed by atoms with E-state index in [1.165, 1.54) is 6.08 Å². The number of carbonyl (C=O) groups is 2. The van der Waals surface area contributed by atoms with Gasteiger partial charge in [0.2, 0.25) is 0 Å². The molecule has 2 rings (SSSR count). The first-order valence-corrected chi connectivity index (χ1v) is 8.72. The molecule has 1 saturated carbocycles. The van der Waals surface area contributed by atoms with Crippen molar-refractivity contribution in [2.75, 3.05) is 14.2 Å². The lowest BCUT2D eigenvalue weighted by atomic mass is 10.1. The SMILES string of the molecule is COCc1c(F)c(F)c(COC(=O)C2C(/C=C(\C#N)C(=O)OC)C2(C)C)c(F)c1F. The smallest absolute Gasteiger partial charge is 0.348 e. The van der Waals surface area contributed by atoms with Crippen molar-refractivity contribution in [3.05, 3.63) is 46.0 Å². The van der Waals surface area contributed by atoms with Crippen LogP contribution < -0.4 is 0 Å². The molecule has 1 aromatic rings. The third-order valence-electron chi connectivity index (χ3n) is 5.13. The minimum absolute atomic E-state index is 0.305. The van der Waals surface area contributed by atoms with Gasteiger partial charge in [-0.15, -0.1) is 0 Å². The summed E-state index contributed by atoms with van der Waals surface area (Å²) in [6, 6.07) is 1.66. The zero-order valence-electron chi connectivity index (χ0n) is 16.6. The minimum Gasteiger partial charge on any atom is -0.465 e. The van der Waals surface area contributed by atoms with Gasteiger partial charge in [-0.05, 0) is 11.3 Å². The Balaban J connectivity index is 2.20. The van der Waals surface area contributed by atoms with Gasteiger partial charge in [0, 0.05) is 7.11 Å². The maximum absolute atomic E-state index is 14.1. The van der Waals surface area contributed by atoms with Gasteiger partial charge in [0.15, 0.2) is 23.3 Å². The topological polar surface area (TPSA) is 85.6 Å². The van der Waals surface area contributed by atoms with Crippen molar-refractivity contribution in [2.45, 2.75) is 27.1 Å². The first-order valence-electron chi connectivity index (χ1n) is 8.72. The van der Waals surface area contributed by atoms with Crippen LogP contribution in [0.3, 0.4) is 0 Å². The molecule has 0 radical (unpaired) electrons. The quantitative estimate of drug-likeness (QED) is 0.217. The van der Waals surface area contributed by atoms with Crippen LogP contribution >= 0.6 is 0 Å². The van der Waals surface area contributed by atoms with Gasteiger partial charge in [-0.25, -0.2) is 22.4 Å². The molecule has 1 aromatic carbocycles. The van der Waals surface area contributed by atoms with Crippen LogP contribution in [0, 0.1) is 51.9 Å². The predicted octanol–water partition coefficient (Wildman–Crippen LogP) is 3.33. The number of hydrogen-bond acceptors (Lipinski definition) is 6. The van der Waals surface area contributed by atoms with E-state index in [1.54, 1.807) is 19.9 Å². The van der Waals surface area contributed by atoms with Crippen molar-refractivity contribution in [1.82, 2.24) is 0 Å². The molecule has 0 aliphatic heterocycles. The number of benzene rings is 1. The molecule has 0 bridgehead atoms. The molecular formula is C20H19F4NO5. The van der Waals surface area contributed by atoms with Gasteiger partial charge >= 0.3 is 11.9 Å². The molecule has 0 heterocycles. The van der Waals surface area contributed by atoms with E-state index in [0.717, 1.165) is 14.2 Å². The second-order valence-corrected chi connectivity index (χ2v) is 7.26. The van der Waals surface area contributed by atoms with E-state index in [2.05, 4.69) is 9.47 Å². The summed E-state index contributed by atoms with van der Waals surface area (Å²) in [5, 5.41) is 9.03. The summed E-state index contributed by atoms with van der Waals surface area (Å²) in [6.07, 6.45) is 1.26.